The van der Waals surface area contributed by atoms with Gasteiger partial charge < -0.3 is 18.8 Å². The fourth-order valence-electron chi connectivity index (χ4n) is 1.41. The molecule has 4 nitrogen and oxygen atoms in total. The van der Waals surface area contributed by atoms with Crippen LogP contribution in [-0.2, 0) is 8.23 Å². The lowest BCUT2D eigenvalue weighted by atomic mass is 10.5. The molecule has 0 saturated carbocycles. The van der Waals surface area contributed by atoms with E-state index in [4.69, 9.17) is 14.0 Å². The van der Waals surface area contributed by atoms with Crippen molar-refractivity contribution in [1.29, 1.82) is 0 Å². The fraction of sp³-hybridized carbons (Fsp3) is 1.00. The normalized spacial score (nSPS) is 14.2. The van der Waals surface area contributed by atoms with Crippen LogP contribution in [0.5, 0.6) is 0 Å². The number of rotatable bonds is 7. The highest BCUT2D eigenvalue weighted by atomic mass is 28.5. The molecule has 0 aliphatic heterocycles. The van der Waals surface area contributed by atoms with E-state index in [-0.39, 0.29) is 0 Å². The lowest BCUT2D eigenvalue weighted by molar-refractivity contribution is 0.243. The highest BCUT2D eigenvalue weighted by molar-refractivity contribution is 6.85. The quantitative estimate of drug-likeness (QED) is 0.700. The van der Waals surface area contributed by atoms with Gasteiger partial charge in [0.25, 0.3) is 0 Å². The first-order chi connectivity index (χ1) is 6.97. The van der Waals surface area contributed by atoms with Gasteiger partial charge in [0.1, 0.15) is 0 Å². The molecule has 0 aliphatic carbocycles. The zero-order chi connectivity index (χ0) is 13.0. The largest absolute Gasteiger partial charge is 0.477 e. The molecule has 0 atom stereocenters. The molecule has 0 spiro atoms. The summed E-state index contributed by atoms with van der Waals surface area (Å²) in [5.74, 6) is 0. The van der Waals surface area contributed by atoms with Gasteiger partial charge in [0.2, 0.25) is 0 Å². The van der Waals surface area contributed by atoms with Crippen molar-refractivity contribution in [2.75, 3.05) is 6.54 Å². The molecule has 0 aromatic carbocycles. The first-order valence-electron chi connectivity index (χ1n) is 5.80. The Morgan fingerprint density at radius 1 is 0.938 bits per heavy atom. The summed E-state index contributed by atoms with van der Waals surface area (Å²) in [7, 11) is -6.55. The minimum Gasteiger partial charge on any atom is -0.416 e. The number of hydrogen-bond acceptors (Lipinski definition) is 4. The minimum atomic E-state index is -3.00. The molecule has 7 heteroatoms. The average Bonchev–Trinajstić information content (AvgIpc) is 1.93. The maximum atomic E-state index is 10.5. The first-order valence-corrected chi connectivity index (χ1v) is 14.6. The molecule has 16 heavy (non-hydrogen) atoms. The summed E-state index contributed by atoms with van der Waals surface area (Å²) in [6.07, 6.45) is 0.762. The van der Waals surface area contributed by atoms with Gasteiger partial charge in [-0.05, 0) is 52.2 Å². The van der Waals surface area contributed by atoms with Gasteiger partial charge in [-0.15, -0.1) is 0 Å². The van der Waals surface area contributed by atoms with Gasteiger partial charge in [-0.3, -0.25) is 0 Å². The average molecular weight is 282 g/mol. The molecule has 0 rings (SSSR count). The van der Waals surface area contributed by atoms with E-state index in [0.29, 0.717) is 12.6 Å². The van der Waals surface area contributed by atoms with Crippen LogP contribution in [0.2, 0.25) is 45.3 Å². The third-order valence-corrected chi connectivity index (χ3v) is 10.1. The monoisotopic (exact) mass is 281 g/mol. The molecule has 0 aliphatic rings. The van der Waals surface area contributed by atoms with Gasteiger partial charge in [-0.25, -0.2) is 0 Å². The van der Waals surface area contributed by atoms with Crippen LogP contribution in [-0.4, -0.2) is 36.8 Å². The van der Waals surface area contributed by atoms with E-state index in [1.54, 1.807) is 0 Å². The van der Waals surface area contributed by atoms with Gasteiger partial charge in [-0.1, -0.05) is 0 Å². The fourth-order valence-corrected chi connectivity index (χ4v) is 11.1. The molecule has 3 N–H and O–H groups in total. The van der Waals surface area contributed by atoms with Crippen molar-refractivity contribution in [2.24, 2.45) is 5.73 Å². The van der Waals surface area contributed by atoms with Crippen LogP contribution in [0, 0.1) is 0 Å². The minimum absolute atomic E-state index is 0.569. The van der Waals surface area contributed by atoms with Crippen LogP contribution in [0.4, 0.5) is 0 Å². The number of nitrogens with two attached hydrogens (primary N) is 1. The van der Waals surface area contributed by atoms with E-state index < -0.39 is 25.4 Å². The van der Waals surface area contributed by atoms with Gasteiger partial charge >= 0.3 is 8.80 Å². The van der Waals surface area contributed by atoms with E-state index in [1.807, 2.05) is 0 Å². The van der Waals surface area contributed by atoms with E-state index >= 15 is 0 Å². The summed E-state index contributed by atoms with van der Waals surface area (Å²) < 4.78 is 11.8. The molecular formula is C9H27NO3Si3. The Morgan fingerprint density at radius 3 is 1.56 bits per heavy atom. The van der Waals surface area contributed by atoms with Crippen molar-refractivity contribution in [1.82, 2.24) is 0 Å². The summed E-state index contributed by atoms with van der Waals surface area (Å²) in [6.45, 7) is 13.0. The van der Waals surface area contributed by atoms with Crippen molar-refractivity contribution >= 4 is 25.4 Å². The summed E-state index contributed by atoms with van der Waals surface area (Å²) >= 11 is 0. The van der Waals surface area contributed by atoms with Crippen LogP contribution in [0.1, 0.15) is 6.42 Å². The predicted octanol–water partition coefficient (Wildman–Crippen LogP) is 1.97. The molecule has 0 unspecified atom stereocenters. The second kappa shape index (κ2) is 5.89. The van der Waals surface area contributed by atoms with E-state index in [2.05, 4.69) is 39.3 Å². The first kappa shape index (κ1) is 16.5. The van der Waals surface area contributed by atoms with Crippen LogP contribution < -0.4 is 5.73 Å². The Balaban J connectivity index is 4.61. The molecule has 0 bridgehead atoms. The lowest BCUT2D eigenvalue weighted by Crippen LogP contribution is -2.55. The Bertz CT molecular complexity index is 197. The third kappa shape index (κ3) is 8.62. The van der Waals surface area contributed by atoms with Crippen LogP contribution in [0.25, 0.3) is 0 Å². The maximum absolute atomic E-state index is 10.5. The van der Waals surface area contributed by atoms with Crippen molar-refractivity contribution in [3.63, 3.8) is 0 Å². The van der Waals surface area contributed by atoms with Gasteiger partial charge in [-0.2, -0.15) is 0 Å². The second-order valence-corrected chi connectivity index (χ2v) is 18.0. The topological polar surface area (TPSA) is 64.7 Å². The van der Waals surface area contributed by atoms with Crippen LogP contribution in [0.3, 0.4) is 0 Å². The third-order valence-electron chi connectivity index (χ3n) is 1.63. The molecule has 0 fully saturated rings. The molecule has 0 saturated heterocycles. The summed E-state index contributed by atoms with van der Waals surface area (Å²) in [6, 6.07) is 0.581. The van der Waals surface area contributed by atoms with Crippen molar-refractivity contribution < 1.29 is 13.0 Å². The lowest BCUT2D eigenvalue weighted by Gasteiger charge is -2.35. The summed E-state index contributed by atoms with van der Waals surface area (Å²) in [5.41, 5.74) is 5.49. The van der Waals surface area contributed by atoms with Crippen LogP contribution >= 0.6 is 0 Å². The Kier molecular flexibility index (Phi) is 6.08. The highest BCUT2D eigenvalue weighted by Crippen LogP contribution is 2.22. The zero-order valence-electron chi connectivity index (χ0n) is 11.5. The van der Waals surface area contributed by atoms with E-state index in [0.717, 1.165) is 6.42 Å². The van der Waals surface area contributed by atoms with E-state index in [1.165, 1.54) is 0 Å². The molecular weight excluding hydrogens is 254 g/mol. The number of hydrogen-bond donors (Lipinski definition) is 2. The standard InChI is InChI=1S/C9H27NO3Si3/c1-14(2,3)12-16(11,9-7-8-10)13-15(4,5)6/h11H,7-10H2,1-6H3. The maximum Gasteiger partial charge on any atom is 0.477 e. The second-order valence-electron chi connectivity index (χ2n) is 6.03. The SMILES string of the molecule is C[Si](C)(C)O[Si](O)(CCCN)O[Si](C)(C)C. The molecule has 0 amide bonds. The van der Waals surface area contributed by atoms with E-state index in [9.17, 15) is 4.80 Å². The molecule has 98 valence electrons. The molecule has 0 aromatic rings. The summed E-state index contributed by atoms with van der Waals surface area (Å²) in [4.78, 5) is 10.5. The van der Waals surface area contributed by atoms with Crippen molar-refractivity contribution in [3.05, 3.63) is 0 Å². The van der Waals surface area contributed by atoms with Gasteiger partial charge in [0.15, 0.2) is 16.6 Å². The van der Waals surface area contributed by atoms with Gasteiger partial charge in [0.05, 0.1) is 0 Å². The Morgan fingerprint density at radius 2 is 1.31 bits per heavy atom. The molecule has 0 heterocycles. The van der Waals surface area contributed by atoms with Crippen LogP contribution in [0.15, 0.2) is 0 Å². The highest BCUT2D eigenvalue weighted by Gasteiger charge is 2.43. The molecule has 0 radical (unpaired) electrons. The molecule has 0 aromatic heterocycles. The predicted molar refractivity (Wildman–Crippen MR) is 75.3 cm³/mol. The van der Waals surface area contributed by atoms with Crippen molar-refractivity contribution in [3.8, 4) is 0 Å². The zero-order valence-corrected chi connectivity index (χ0v) is 14.5. The summed E-state index contributed by atoms with van der Waals surface area (Å²) in [5, 5.41) is 0. The Labute approximate surface area is 103 Å². The smallest absolute Gasteiger partial charge is 0.416 e. The van der Waals surface area contributed by atoms with Gasteiger partial charge in [0, 0.05) is 6.04 Å². The Hall–Kier alpha value is 0.491. The van der Waals surface area contributed by atoms with Crippen molar-refractivity contribution in [2.45, 2.75) is 51.7 Å².